The van der Waals surface area contributed by atoms with Gasteiger partial charge in [0, 0.05) is 12.3 Å². The zero-order chi connectivity index (χ0) is 10.6. The molecule has 0 saturated heterocycles. The fourth-order valence-electron chi connectivity index (χ4n) is 1.11. The molecule has 0 spiro atoms. The van der Waals surface area contributed by atoms with E-state index in [0.29, 0.717) is 11.4 Å². The average Bonchev–Trinajstić information content (AvgIpc) is 2.21. The van der Waals surface area contributed by atoms with Crippen molar-refractivity contribution < 1.29 is 9.18 Å². The van der Waals surface area contributed by atoms with Gasteiger partial charge >= 0.3 is 0 Å². The van der Waals surface area contributed by atoms with Crippen molar-refractivity contribution in [3.8, 4) is 0 Å². The number of benzene rings is 1. The molecule has 1 nitrogen and oxygen atoms in total. The molecule has 1 aromatic carbocycles. The van der Waals surface area contributed by atoms with Gasteiger partial charge in [0.2, 0.25) is 0 Å². The minimum atomic E-state index is -0.391. The van der Waals surface area contributed by atoms with Gasteiger partial charge in [-0.1, -0.05) is 12.1 Å². The van der Waals surface area contributed by atoms with Gasteiger partial charge in [-0.15, -0.1) is 23.2 Å². The molecule has 0 saturated carbocycles. The van der Waals surface area contributed by atoms with Crippen molar-refractivity contribution >= 4 is 29.0 Å². The first-order chi connectivity index (χ1) is 6.67. The highest BCUT2D eigenvalue weighted by Gasteiger charge is 2.07. The fraction of sp³-hybridized carbons (Fsp3) is 0.300. The lowest BCUT2D eigenvalue weighted by Gasteiger charge is -2.03. The van der Waals surface area contributed by atoms with E-state index >= 15 is 0 Å². The van der Waals surface area contributed by atoms with Gasteiger partial charge in [0.1, 0.15) is 5.82 Å². The van der Waals surface area contributed by atoms with Crippen LogP contribution >= 0.6 is 23.2 Å². The van der Waals surface area contributed by atoms with Gasteiger partial charge in [-0.25, -0.2) is 4.39 Å². The van der Waals surface area contributed by atoms with E-state index in [1.54, 1.807) is 12.1 Å². The highest BCUT2D eigenvalue weighted by Crippen LogP contribution is 2.13. The highest BCUT2D eigenvalue weighted by atomic mass is 35.5. The lowest BCUT2D eigenvalue weighted by atomic mass is 10.1. The largest absolute Gasteiger partial charge is 0.298 e. The molecule has 0 aromatic heterocycles. The summed E-state index contributed by atoms with van der Waals surface area (Å²) in [6.07, 6.45) is 0.0278. The molecule has 0 amide bonds. The minimum absolute atomic E-state index is 0.0278. The Morgan fingerprint density at radius 3 is 2.64 bits per heavy atom. The molecule has 1 rings (SSSR count). The van der Waals surface area contributed by atoms with Crippen LogP contribution in [0.15, 0.2) is 18.2 Å². The molecule has 0 aliphatic rings. The molecule has 0 fully saturated rings. The molecule has 4 heteroatoms. The predicted octanol–water partition coefficient (Wildman–Crippen LogP) is 2.91. The van der Waals surface area contributed by atoms with E-state index in [4.69, 9.17) is 23.2 Å². The Balaban J connectivity index is 2.89. The summed E-state index contributed by atoms with van der Waals surface area (Å²) in [7, 11) is 0. The SMILES string of the molecule is O=C(CCl)Cc1cc(CCl)ccc1F. The molecule has 0 bridgehead atoms. The molecule has 0 unspecified atom stereocenters. The Kier molecular flexibility index (Phi) is 4.36. The number of carbonyl (C=O) groups excluding carboxylic acids is 1. The van der Waals surface area contributed by atoms with Crippen LogP contribution in [-0.4, -0.2) is 11.7 Å². The second kappa shape index (κ2) is 5.32. The molecule has 0 heterocycles. The van der Waals surface area contributed by atoms with Gasteiger partial charge in [-0.3, -0.25) is 4.79 Å². The number of halogens is 3. The van der Waals surface area contributed by atoms with Crippen LogP contribution in [0.5, 0.6) is 0 Å². The zero-order valence-electron chi connectivity index (χ0n) is 7.40. The first-order valence-corrected chi connectivity index (χ1v) is 5.15. The number of rotatable bonds is 4. The number of alkyl halides is 2. The van der Waals surface area contributed by atoms with Crippen LogP contribution in [0.25, 0.3) is 0 Å². The molecular weight excluding hydrogens is 226 g/mol. The third-order valence-corrected chi connectivity index (χ3v) is 2.41. The number of Topliss-reactive ketones (excluding diaryl/α,β-unsaturated/α-hetero) is 1. The van der Waals surface area contributed by atoms with Gasteiger partial charge < -0.3 is 0 Å². The maximum atomic E-state index is 13.2. The van der Waals surface area contributed by atoms with Crippen molar-refractivity contribution in [2.24, 2.45) is 0 Å². The summed E-state index contributed by atoms with van der Waals surface area (Å²) in [5, 5.41) is 0. The Hall–Kier alpha value is -0.600. The second-order valence-electron chi connectivity index (χ2n) is 2.91. The molecule has 0 aliphatic heterocycles. The Morgan fingerprint density at radius 1 is 1.36 bits per heavy atom. The Bertz CT molecular complexity index is 339. The smallest absolute Gasteiger partial charge is 0.152 e. The first kappa shape index (κ1) is 11.5. The third-order valence-electron chi connectivity index (χ3n) is 1.80. The third kappa shape index (κ3) is 2.96. The van der Waals surface area contributed by atoms with Gasteiger partial charge in [0.25, 0.3) is 0 Å². The second-order valence-corrected chi connectivity index (χ2v) is 3.44. The molecule has 0 radical (unpaired) electrons. The molecule has 0 N–H and O–H groups in total. The van der Waals surface area contributed by atoms with Crippen LogP contribution in [-0.2, 0) is 17.1 Å². The van der Waals surface area contributed by atoms with E-state index in [2.05, 4.69) is 0 Å². The molecule has 14 heavy (non-hydrogen) atoms. The van der Waals surface area contributed by atoms with Crippen molar-refractivity contribution in [3.05, 3.63) is 35.1 Å². The normalized spacial score (nSPS) is 10.2. The van der Waals surface area contributed by atoms with E-state index < -0.39 is 5.82 Å². The molecular formula is C10H9Cl2FO. The van der Waals surface area contributed by atoms with Gasteiger partial charge in [-0.2, -0.15) is 0 Å². The van der Waals surface area contributed by atoms with E-state index in [0.717, 1.165) is 5.56 Å². The maximum Gasteiger partial charge on any atom is 0.152 e. The Labute approximate surface area is 91.8 Å². The minimum Gasteiger partial charge on any atom is -0.298 e. The summed E-state index contributed by atoms with van der Waals surface area (Å²) in [6.45, 7) is 0. The monoisotopic (exact) mass is 234 g/mol. The summed E-state index contributed by atoms with van der Waals surface area (Å²) < 4.78 is 13.2. The van der Waals surface area contributed by atoms with Crippen molar-refractivity contribution in [2.45, 2.75) is 12.3 Å². The van der Waals surface area contributed by atoms with Gasteiger partial charge in [0.05, 0.1) is 5.88 Å². The zero-order valence-corrected chi connectivity index (χ0v) is 8.91. The lowest BCUT2D eigenvalue weighted by molar-refractivity contribution is -0.116. The van der Waals surface area contributed by atoms with Crippen LogP contribution in [0.2, 0.25) is 0 Å². The first-order valence-electron chi connectivity index (χ1n) is 4.08. The molecule has 0 atom stereocenters. The van der Waals surface area contributed by atoms with Crippen LogP contribution < -0.4 is 0 Å². The number of hydrogen-bond acceptors (Lipinski definition) is 1. The lowest BCUT2D eigenvalue weighted by Crippen LogP contribution is -2.05. The van der Waals surface area contributed by atoms with Crippen LogP contribution in [0.4, 0.5) is 4.39 Å². The number of carbonyl (C=O) groups is 1. The summed E-state index contributed by atoms with van der Waals surface area (Å²) in [5.74, 6) is -0.373. The van der Waals surface area contributed by atoms with Crippen LogP contribution in [0, 0.1) is 5.82 Å². The highest BCUT2D eigenvalue weighted by molar-refractivity contribution is 6.27. The quantitative estimate of drug-likeness (QED) is 0.733. The Morgan fingerprint density at radius 2 is 2.07 bits per heavy atom. The topological polar surface area (TPSA) is 17.1 Å². The van der Waals surface area contributed by atoms with Gasteiger partial charge in [-0.05, 0) is 17.2 Å². The van der Waals surface area contributed by atoms with Crippen molar-refractivity contribution in [2.75, 3.05) is 5.88 Å². The fourth-order valence-corrected chi connectivity index (χ4v) is 1.37. The summed E-state index contributed by atoms with van der Waals surface area (Å²) in [5.41, 5.74) is 1.15. The number of ketones is 1. The van der Waals surface area contributed by atoms with E-state index in [9.17, 15) is 9.18 Å². The van der Waals surface area contributed by atoms with Crippen LogP contribution in [0.3, 0.4) is 0 Å². The standard InChI is InChI=1S/C10H9Cl2FO/c11-5-7-1-2-10(13)8(3-7)4-9(14)6-12/h1-3H,4-6H2. The van der Waals surface area contributed by atoms with Crippen molar-refractivity contribution in [1.82, 2.24) is 0 Å². The van der Waals surface area contributed by atoms with Crippen molar-refractivity contribution in [3.63, 3.8) is 0 Å². The van der Waals surface area contributed by atoms with E-state index in [-0.39, 0.29) is 18.1 Å². The van der Waals surface area contributed by atoms with Crippen molar-refractivity contribution in [1.29, 1.82) is 0 Å². The van der Waals surface area contributed by atoms with E-state index in [1.165, 1.54) is 6.07 Å². The predicted molar refractivity (Wildman–Crippen MR) is 55.4 cm³/mol. The summed E-state index contributed by atoms with van der Waals surface area (Å²) >= 11 is 10.9. The number of hydrogen-bond donors (Lipinski definition) is 0. The van der Waals surface area contributed by atoms with Gasteiger partial charge in [0.15, 0.2) is 5.78 Å². The average molecular weight is 235 g/mol. The summed E-state index contributed by atoms with van der Waals surface area (Å²) in [6, 6.07) is 4.50. The molecule has 76 valence electrons. The van der Waals surface area contributed by atoms with E-state index in [1.807, 2.05) is 0 Å². The van der Waals surface area contributed by atoms with Crippen LogP contribution in [0.1, 0.15) is 11.1 Å². The molecule has 1 aromatic rings. The molecule has 0 aliphatic carbocycles. The summed E-state index contributed by atoms with van der Waals surface area (Å²) in [4.78, 5) is 11.0. The maximum absolute atomic E-state index is 13.2.